The number of anilines is 1. The van der Waals surface area contributed by atoms with Crippen molar-refractivity contribution in [1.29, 1.82) is 0 Å². The normalized spacial score (nSPS) is 15.8. The van der Waals surface area contributed by atoms with E-state index in [2.05, 4.69) is 15.9 Å². The van der Waals surface area contributed by atoms with Crippen molar-refractivity contribution in [3.8, 4) is 0 Å². The molecule has 0 atom stereocenters. The lowest BCUT2D eigenvalue weighted by Gasteiger charge is -2.18. The number of benzene rings is 2. The standard InChI is InChI=1S/C21H18BrNO3/c1-13-6-4-9-17(10-13)23-14(2)19(21(25)26-3)18(20(23)24)12-15-7-5-8-16(22)11-15/h4-12H,1-3H3. The Bertz CT molecular complexity index is 959. The molecule has 26 heavy (non-hydrogen) atoms. The second-order valence-corrected chi connectivity index (χ2v) is 6.96. The molecule has 1 amide bonds. The van der Waals surface area contributed by atoms with E-state index in [0.29, 0.717) is 16.8 Å². The summed E-state index contributed by atoms with van der Waals surface area (Å²) < 4.78 is 5.82. The molecule has 2 aromatic rings. The van der Waals surface area contributed by atoms with Crippen LogP contribution in [0.5, 0.6) is 0 Å². The first-order chi connectivity index (χ1) is 12.4. The summed E-state index contributed by atoms with van der Waals surface area (Å²) in [7, 11) is 1.32. The third-order valence-corrected chi connectivity index (χ3v) is 4.70. The number of allylic oxidation sites excluding steroid dienone is 1. The zero-order chi connectivity index (χ0) is 18.8. The fraction of sp³-hybridized carbons (Fsp3) is 0.143. The Morgan fingerprint density at radius 1 is 1.12 bits per heavy atom. The highest BCUT2D eigenvalue weighted by atomic mass is 79.9. The zero-order valence-electron chi connectivity index (χ0n) is 14.7. The van der Waals surface area contributed by atoms with E-state index in [1.807, 2.05) is 55.5 Å². The maximum absolute atomic E-state index is 13.1. The number of carbonyl (C=O) groups is 2. The summed E-state index contributed by atoms with van der Waals surface area (Å²) in [5.74, 6) is -0.763. The molecule has 0 aromatic heterocycles. The van der Waals surface area contributed by atoms with E-state index >= 15 is 0 Å². The number of halogens is 1. The number of esters is 1. The number of hydrogen-bond acceptors (Lipinski definition) is 3. The molecule has 132 valence electrons. The van der Waals surface area contributed by atoms with Crippen LogP contribution in [0, 0.1) is 6.92 Å². The van der Waals surface area contributed by atoms with Crippen molar-refractivity contribution in [2.75, 3.05) is 12.0 Å². The SMILES string of the molecule is COC(=O)C1=C(C)N(c2cccc(C)c2)C(=O)C1=Cc1cccc(Br)c1. The molecule has 1 aliphatic rings. The van der Waals surface area contributed by atoms with Gasteiger partial charge in [-0.25, -0.2) is 4.79 Å². The van der Waals surface area contributed by atoms with Gasteiger partial charge in [-0.05, 0) is 55.3 Å². The fourth-order valence-corrected chi connectivity index (χ4v) is 3.44. The molecule has 0 aliphatic carbocycles. The van der Waals surface area contributed by atoms with Gasteiger partial charge in [-0.2, -0.15) is 0 Å². The second kappa shape index (κ2) is 7.30. The topological polar surface area (TPSA) is 46.6 Å². The summed E-state index contributed by atoms with van der Waals surface area (Å²) in [6.07, 6.45) is 1.72. The van der Waals surface area contributed by atoms with E-state index in [-0.39, 0.29) is 5.91 Å². The molecule has 3 rings (SSSR count). The van der Waals surface area contributed by atoms with Crippen molar-refractivity contribution in [2.45, 2.75) is 13.8 Å². The average Bonchev–Trinajstić information content (AvgIpc) is 2.84. The highest BCUT2D eigenvalue weighted by Crippen LogP contribution is 2.35. The van der Waals surface area contributed by atoms with Crippen molar-refractivity contribution >= 4 is 39.6 Å². The van der Waals surface area contributed by atoms with Crippen molar-refractivity contribution in [3.05, 3.63) is 81.0 Å². The second-order valence-electron chi connectivity index (χ2n) is 6.04. The average molecular weight is 412 g/mol. The number of rotatable bonds is 3. The number of methoxy groups -OCH3 is 1. The molecule has 0 N–H and O–H groups in total. The highest BCUT2D eigenvalue weighted by molar-refractivity contribution is 9.10. The maximum Gasteiger partial charge on any atom is 0.340 e. The van der Waals surface area contributed by atoms with E-state index in [1.165, 1.54) is 7.11 Å². The summed E-state index contributed by atoms with van der Waals surface area (Å²) >= 11 is 3.42. The first kappa shape index (κ1) is 18.1. The van der Waals surface area contributed by atoms with Crippen LogP contribution in [0.2, 0.25) is 0 Å². The summed E-state index contributed by atoms with van der Waals surface area (Å²) in [5.41, 5.74) is 3.77. The van der Waals surface area contributed by atoms with Gasteiger partial charge in [0.15, 0.2) is 0 Å². The monoisotopic (exact) mass is 411 g/mol. The minimum absolute atomic E-state index is 0.242. The number of nitrogens with zero attached hydrogens (tertiary/aromatic N) is 1. The fourth-order valence-electron chi connectivity index (χ4n) is 3.02. The Balaban J connectivity index is 2.15. The van der Waals surface area contributed by atoms with Crippen LogP contribution in [0.15, 0.2) is 69.8 Å². The van der Waals surface area contributed by atoms with Gasteiger partial charge < -0.3 is 4.74 Å². The number of aryl methyl sites for hydroxylation is 1. The summed E-state index contributed by atoms with van der Waals surface area (Å²) in [6.45, 7) is 3.72. The van der Waals surface area contributed by atoms with Gasteiger partial charge in [0.2, 0.25) is 0 Å². The van der Waals surface area contributed by atoms with Gasteiger partial charge >= 0.3 is 5.97 Å². The molecule has 0 fully saturated rings. The molecule has 5 heteroatoms. The van der Waals surface area contributed by atoms with E-state index in [1.54, 1.807) is 17.9 Å². The molecule has 0 spiro atoms. The summed E-state index contributed by atoms with van der Waals surface area (Å²) in [5, 5.41) is 0. The van der Waals surface area contributed by atoms with Crippen molar-refractivity contribution in [1.82, 2.24) is 0 Å². The van der Waals surface area contributed by atoms with Crippen LogP contribution in [0.3, 0.4) is 0 Å². The van der Waals surface area contributed by atoms with Crippen LogP contribution < -0.4 is 4.90 Å². The Morgan fingerprint density at radius 3 is 2.50 bits per heavy atom. The largest absolute Gasteiger partial charge is 0.465 e. The number of amides is 1. The van der Waals surface area contributed by atoms with Gasteiger partial charge in [0.1, 0.15) is 0 Å². The Morgan fingerprint density at radius 2 is 1.85 bits per heavy atom. The Labute approximate surface area is 160 Å². The molecule has 1 aliphatic heterocycles. The molecule has 1 heterocycles. The predicted molar refractivity (Wildman–Crippen MR) is 106 cm³/mol. The van der Waals surface area contributed by atoms with E-state index in [4.69, 9.17) is 4.74 Å². The van der Waals surface area contributed by atoms with Crippen LogP contribution in [0.25, 0.3) is 6.08 Å². The first-order valence-electron chi connectivity index (χ1n) is 8.10. The summed E-state index contributed by atoms with van der Waals surface area (Å²) in [6, 6.07) is 15.2. The van der Waals surface area contributed by atoms with Gasteiger partial charge in [-0.3, -0.25) is 9.69 Å². The molecular weight excluding hydrogens is 394 g/mol. The first-order valence-corrected chi connectivity index (χ1v) is 8.89. The highest BCUT2D eigenvalue weighted by Gasteiger charge is 2.37. The predicted octanol–water partition coefficient (Wildman–Crippen LogP) is 4.63. The van der Waals surface area contributed by atoms with Crippen LogP contribution >= 0.6 is 15.9 Å². The van der Waals surface area contributed by atoms with Crippen molar-refractivity contribution in [3.63, 3.8) is 0 Å². The lowest BCUT2D eigenvalue weighted by molar-refractivity contribution is -0.136. The molecule has 4 nitrogen and oxygen atoms in total. The minimum Gasteiger partial charge on any atom is -0.465 e. The third-order valence-electron chi connectivity index (χ3n) is 4.21. The molecule has 0 saturated heterocycles. The molecule has 0 saturated carbocycles. The van der Waals surface area contributed by atoms with Crippen LogP contribution in [-0.4, -0.2) is 19.0 Å². The lowest BCUT2D eigenvalue weighted by Crippen LogP contribution is -2.24. The Kier molecular flexibility index (Phi) is 5.09. The van der Waals surface area contributed by atoms with Crippen molar-refractivity contribution < 1.29 is 14.3 Å². The third kappa shape index (κ3) is 3.35. The minimum atomic E-state index is -0.521. The van der Waals surface area contributed by atoms with Crippen LogP contribution in [-0.2, 0) is 14.3 Å². The number of ether oxygens (including phenoxy) is 1. The smallest absolute Gasteiger partial charge is 0.340 e. The van der Waals surface area contributed by atoms with E-state index in [9.17, 15) is 9.59 Å². The summed E-state index contributed by atoms with van der Waals surface area (Å²) in [4.78, 5) is 27.1. The van der Waals surface area contributed by atoms with Crippen molar-refractivity contribution in [2.24, 2.45) is 0 Å². The van der Waals surface area contributed by atoms with Gasteiger partial charge in [0, 0.05) is 15.9 Å². The quantitative estimate of drug-likeness (QED) is 0.546. The molecule has 0 unspecified atom stereocenters. The lowest BCUT2D eigenvalue weighted by atomic mass is 10.0. The van der Waals surface area contributed by atoms with Gasteiger partial charge in [0.25, 0.3) is 5.91 Å². The number of carbonyl (C=O) groups excluding carboxylic acids is 2. The molecule has 0 bridgehead atoms. The maximum atomic E-state index is 13.1. The zero-order valence-corrected chi connectivity index (χ0v) is 16.3. The molecule has 0 radical (unpaired) electrons. The number of hydrogen-bond donors (Lipinski definition) is 0. The van der Waals surface area contributed by atoms with Crippen LogP contribution in [0.1, 0.15) is 18.1 Å². The van der Waals surface area contributed by atoms with Gasteiger partial charge in [-0.15, -0.1) is 0 Å². The molecular formula is C21H18BrNO3. The van der Waals surface area contributed by atoms with Crippen LogP contribution in [0.4, 0.5) is 5.69 Å². The van der Waals surface area contributed by atoms with E-state index in [0.717, 1.165) is 21.3 Å². The van der Waals surface area contributed by atoms with Gasteiger partial charge in [-0.1, -0.05) is 40.2 Å². The molecule has 2 aromatic carbocycles. The van der Waals surface area contributed by atoms with Gasteiger partial charge in [0.05, 0.1) is 18.3 Å². The Hall–Kier alpha value is -2.66. The van der Waals surface area contributed by atoms with E-state index < -0.39 is 5.97 Å².